The summed E-state index contributed by atoms with van der Waals surface area (Å²) in [5.74, 6) is 2.60. The number of fused-ring (bicyclic) bond motifs is 3. The molecule has 5 aromatic carbocycles. The SMILES string of the molecule is COc1cc(C)ccc1-c1ccc2c3c(cccc13)-c1ccc(N(c3ccc4cccnc4c3)C3C=CC=CC3)cc1O2. The van der Waals surface area contributed by atoms with Crippen LogP contribution < -0.4 is 14.4 Å². The van der Waals surface area contributed by atoms with Crippen molar-refractivity contribution >= 4 is 33.1 Å². The lowest BCUT2D eigenvalue weighted by Gasteiger charge is -2.33. The van der Waals surface area contributed by atoms with Crippen LogP contribution in [0.1, 0.15) is 12.0 Å². The van der Waals surface area contributed by atoms with Gasteiger partial charge in [0.2, 0.25) is 0 Å². The number of benzene rings is 5. The van der Waals surface area contributed by atoms with E-state index in [-0.39, 0.29) is 6.04 Å². The first-order chi connectivity index (χ1) is 21.2. The van der Waals surface area contributed by atoms with Gasteiger partial charge in [-0.2, -0.15) is 0 Å². The molecule has 1 atom stereocenters. The van der Waals surface area contributed by atoms with Crippen LogP contribution in [0.25, 0.3) is 43.9 Å². The summed E-state index contributed by atoms with van der Waals surface area (Å²) < 4.78 is 12.5. The molecule has 0 spiro atoms. The van der Waals surface area contributed by atoms with Gasteiger partial charge in [-0.25, -0.2) is 0 Å². The first-order valence-corrected chi connectivity index (χ1v) is 14.7. The summed E-state index contributed by atoms with van der Waals surface area (Å²) in [5.41, 5.74) is 8.81. The zero-order chi connectivity index (χ0) is 28.9. The van der Waals surface area contributed by atoms with Crippen molar-refractivity contribution in [2.24, 2.45) is 0 Å². The van der Waals surface area contributed by atoms with Gasteiger partial charge in [0.1, 0.15) is 17.2 Å². The van der Waals surface area contributed by atoms with E-state index in [2.05, 4.69) is 132 Å². The molecule has 4 nitrogen and oxygen atoms in total. The van der Waals surface area contributed by atoms with E-state index in [1.165, 1.54) is 11.1 Å². The molecule has 2 heterocycles. The number of pyridine rings is 1. The number of methoxy groups -OCH3 is 1. The van der Waals surface area contributed by atoms with Crippen LogP contribution in [0.3, 0.4) is 0 Å². The first kappa shape index (κ1) is 25.4. The highest BCUT2D eigenvalue weighted by Crippen LogP contribution is 2.50. The summed E-state index contributed by atoms with van der Waals surface area (Å²) >= 11 is 0. The predicted octanol–water partition coefficient (Wildman–Crippen LogP) is 10.2. The summed E-state index contributed by atoms with van der Waals surface area (Å²) in [6.45, 7) is 2.09. The fourth-order valence-electron chi connectivity index (χ4n) is 6.52. The standard InChI is InChI=1S/C39H30N2O2/c1-25-13-17-31(37(22-25)42-2)30-19-20-36-39-33(30)11-6-12-34(39)32-18-16-29(24-38(32)43-36)41(27-9-4-3-5-10-27)28-15-14-26-8-7-21-40-35(26)23-28/h3-9,11-24,27H,10H2,1-2H3. The molecule has 1 unspecified atom stereocenters. The van der Waals surface area contributed by atoms with Crippen molar-refractivity contribution in [3.63, 3.8) is 0 Å². The number of rotatable bonds is 5. The van der Waals surface area contributed by atoms with Crippen molar-refractivity contribution in [3.8, 4) is 39.5 Å². The fourth-order valence-corrected chi connectivity index (χ4v) is 6.52. The van der Waals surface area contributed by atoms with E-state index in [0.717, 1.165) is 73.4 Å². The van der Waals surface area contributed by atoms with E-state index < -0.39 is 0 Å². The number of nitrogens with zero attached hydrogens (tertiary/aromatic N) is 2. The summed E-state index contributed by atoms with van der Waals surface area (Å²) in [4.78, 5) is 7.02. The molecule has 208 valence electrons. The molecule has 0 amide bonds. The molecule has 1 aliphatic carbocycles. The van der Waals surface area contributed by atoms with Gasteiger partial charge >= 0.3 is 0 Å². The second kappa shape index (κ2) is 10.2. The first-order valence-electron chi connectivity index (χ1n) is 14.7. The summed E-state index contributed by atoms with van der Waals surface area (Å²) in [7, 11) is 1.73. The molecule has 1 aromatic heterocycles. The molecular weight excluding hydrogens is 528 g/mol. The van der Waals surface area contributed by atoms with Crippen molar-refractivity contribution < 1.29 is 9.47 Å². The quantitative estimate of drug-likeness (QED) is 0.211. The number of aryl methyl sites for hydroxylation is 1. The van der Waals surface area contributed by atoms with E-state index in [4.69, 9.17) is 9.47 Å². The third-order valence-corrected chi connectivity index (χ3v) is 8.56. The Hall–Kier alpha value is -5.35. The average molecular weight is 559 g/mol. The van der Waals surface area contributed by atoms with Gasteiger partial charge < -0.3 is 14.4 Å². The largest absolute Gasteiger partial charge is 0.496 e. The molecule has 0 saturated carbocycles. The maximum Gasteiger partial charge on any atom is 0.137 e. The maximum absolute atomic E-state index is 6.70. The second-order valence-corrected chi connectivity index (χ2v) is 11.2. The topological polar surface area (TPSA) is 34.6 Å². The highest BCUT2D eigenvalue weighted by molar-refractivity contribution is 6.10. The smallest absolute Gasteiger partial charge is 0.137 e. The van der Waals surface area contributed by atoms with E-state index in [1.54, 1.807) is 7.11 Å². The van der Waals surface area contributed by atoms with Gasteiger partial charge in [-0.3, -0.25) is 4.98 Å². The molecule has 6 aromatic rings. The van der Waals surface area contributed by atoms with Gasteiger partial charge in [0.15, 0.2) is 0 Å². The lowest BCUT2D eigenvalue weighted by Crippen LogP contribution is -2.29. The summed E-state index contributed by atoms with van der Waals surface area (Å²) in [5, 5.41) is 3.41. The van der Waals surface area contributed by atoms with Crippen molar-refractivity contribution in [2.45, 2.75) is 19.4 Å². The van der Waals surface area contributed by atoms with Gasteiger partial charge in [0, 0.05) is 45.5 Å². The van der Waals surface area contributed by atoms with E-state index in [0.29, 0.717) is 0 Å². The third-order valence-electron chi connectivity index (χ3n) is 8.56. The highest BCUT2D eigenvalue weighted by Gasteiger charge is 2.25. The van der Waals surface area contributed by atoms with Gasteiger partial charge in [0.25, 0.3) is 0 Å². The Labute approximate surface area is 251 Å². The fraction of sp³-hybridized carbons (Fsp3) is 0.103. The van der Waals surface area contributed by atoms with E-state index in [1.807, 2.05) is 12.3 Å². The lowest BCUT2D eigenvalue weighted by molar-refractivity contribution is 0.416. The van der Waals surface area contributed by atoms with E-state index >= 15 is 0 Å². The minimum atomic E-state index is 0.176. The molecule has 0 saturated heterocycles. The molecule has 0 radical (unpaired) electrons. The number of aromatic nitrogens is 1. The highest BCUT2D eigenvalue weighted by atomic mass is 16.5. The molecule has 2 aliphatic rings. The average Bonchev–Trinajstić information content (AvgIpc) is 3.05. The zero-order valence-electron chi connectivity index (χ0n) is 24.1. The van der Waals surface area contributed by atoms with E-state index in [9.17, 15) is 0 Å². The Kier molecular flexibility index (Phi) is 6.00. The van der Waals surface area contributed by atoms with Crippen LogP contribution in [-0.2, 0) is 0 Å². The number of hydrogen-bond donors (Lipinski definition) is 0. The monoisotopic (exact) mass is 558 g/mol. The molecule has 0 bridgehead atoms. The number of allylic oxidation sites excluding steroid dienone is 2. The van der Waals surface area contributed by atoms with Crippen LogP contribution >= 0.6 is 0 Å². The lowest BCUT2D eigenvalue weighted by atomic mass is 9.90. The molecule has 43 heavy (non-hydrogen) atoms. The van der Waals surface area contributed by atoms with Crippen LogP contribution in [-0.4, -0.2) is 18.1 Å². The Balaban J connectivity index is 1.26. The molecule has 0 N–H and O–H groups in total. The number of anilines is 2. The third kappa shape index (κ3) is 4.26. The van der Waals surface area contributed by atoms with Crippen molar-refractivity contribution in [3.05, 3.63) is 133 Å². The normalized spacial score (nSPS) is 14.9. The summed E-state index contributed by atoms with van der Waals surface area (Å²) in [6.07, 6.45) is 11.5. The van der Waals surface area contributed by atoms with Crippen LogP contribution in [0.4, 0.5) is 11.4 Å². The molecule has 8 rings (SSSR count). The Bertz CT molecular complexity index is 2110. The second-order valence-electron chi connectivity index (χ2n) is 11.2. The van der Waals surface area contributed by atoms with Crippen LogP contribution in [0.5, 0.6) is 17.2 Å². The van der Waals surface area contributed by atoms with Crippen molar-refractivity contribution in [1.82, 2.24) is 4.98 Å². The van der Waals surface area contributed by atoms with Gasteiger partial charge in [-0.05, 0) is 84.0 Å². The Morgan fingerprint density at radius 3 is 2.51 bits per heavy atom. The predicted molar refractivity (Wildman–Crippen MR) is 177 cm³/mol. The van der Waals surface area contributed by atoms with Gasteiger partial charge in [0.05, 0.1) is 18.7 Å². The molecular formula is C39H30N2O2. The molecule has 1 aliphatic heterocycles. The van der Waals surface area contributed by atoms with Crippen molar-refractivity contribution in [2.75, 3.05) is 12.0 Å². The Morgan fingerprint density at radius 1 is 0.767 bits per heavy atom. The maximum atomic E-state index is 6.70. The summed E-state index contributed by atoms with van der Waals surface area (Å²) in [6, 6.07) is 34.5. The zero-order valence-corrected chi connectivity index (χ0v) is 24.1. The van der Waals surface area contributed by atoms with Gasteiger partial charge in [-0.1, -0.05) is 66.8 Å². The van der Waals surface area contributed by atoms with Crippen LogP contribution in [0.15, 0.2) is 128 Å². The minimum Gasteiger partial charge on any atom is -0.496 e. The molecule has 0 fully saturated rings. The van der Waals surface area contributed by atoms with Gasteiger partial charge in [-0.15, -0.1) is 0 Å². The van der Waals surface area contributed by atoms with Crippen LogP contribution in [0.2, 0.25) is 0 Å². The number of ether oxygens (including phenoxy) is 2. The Morgan fingerprint density at radius 2 is 1.63 bits per heavy atom. The number of hydrogen-bond acceptors (Lipinski definition) is 4. The minimum absolute atomic E-state index is 0.176. The van der Waals surface area contributed by atoms with Crippen LogP contribution in [0, 0.1) is 6.92 Å². The molecule has 4 heteroatoms. The van der Waals surface area contributed by atoms with Crippen molar-refractivity contribution in [1.29, 1.82) is 0 Å².